The number of nitrogens with one attached hydrogen (secondary N) is 1. The van der Waals surface area contributed by atoms with Crippen molar-refractivity contribution in [3.63, 3.8) is 0 Å². The van der Waals surface area contributed by atoms with Crippen LogP contribution in [-0.4, -0.2) is 30.6 Å². The first-order valence-corrected chi connectivity index (χ1v) is 8.84. The number of fused-ring (bicyclic) bond motifs is 1. The highest BCUT2D eigenvalue weighted by Crippen LogP contribution is 2.33. The number of alkyl halides is 6. The zero-order chi connectivity index (χ0) is 22.4. The van der Waals surface area contributed by atoms with Gasteiger partial charge >= 0.3 is 12.4 Å². The highest BCUT2D eigenvalue weighted by Gasteiger charge is 2.34. The van der Waals surface area contributed by atoms with Crippen LogP contribution in [0.3, 0.4) is 0 Å². The van der Waals surface area contributed by atoms with E-state index in [2.05, 4.69) is 25.4 Å². The van der Waals surface area contributed by atoms with Gasteiger partial charge in [0.25, 0.3) is 5.91 Å². The molecule has 1 atom stereocenters. The molecule has 4 rings (SSSR count). The third-order valence-electron chi connectivity index (χ3n) is 4.62. The lowest BCUT2D eigenvalue weighted by Gasteiger charge is -2.12. The van der Waals surface area contributed by atoms with Gasteiger partial charge in [0, 0.05) is 18.3 Å². The summed E-state index contributed by atoms with van der Waals surface area (Å²) in [6.07, 6.45) is -6.59. The highest BCUT2D eigenvalue weighted by molar-refractivity contribution is 5.92. The van der Waals surface area contributed by atoms with E-state index < -0.39 is 35.7 Å². The average molecular weight is 442 g/mol. The van der Waals surface area contributed by atoms with Crippen LogP contribution in [0.15, 0.2) is 36.8 Å². The number of hydrogen-bond donors (Lipinski definition) is 1. The molecule has 0 aliphatic carbocycles. The standard InChI is InChI=1S/C18H12F6N6O/c19-17(20,21)14-5-9(1-3-25-14)11-6-13-10(2-4-30(13)29-11)28-16(31)12-7-27-15(8-26-12)18(22,23)24/h1,3,5-8,10H,2,4H2,(H,28,31)/t10-/m0/s1. The molecule has 0 radical (unpaired) electrons. The summed E-state index contributed by atoms with van der Waals surface area (Å²) in [6, 6.07) is 3.27. The van der Waals surface area contributed by atoms with Gasteiger partial charge in [-0.05, 0) is 24.6 Å². The second kappa shape index (κ2) is 7.32. The minimum absolute atomic E-state index is 0.211. The van der Waals surface area contributed by atoms with E-state index in [0.29, 0.717) is 24.9 Å². The summed E-state index contributed by atoms with van der Waals surface area (Å²) < 4.78 is 77.9. The van der Waals surface area contributed by atoms with Crippen LogP contribution in [0.5, 0.6) is 0 Å². The van der Waals surface area contributed by atoms with Crippen LogP contribution in [0, 0.1) is 0 Å². The smallest absolute Gasteiger partial charge is 0.342 e. The molecule has 0 saturated heterocycles. The van der Waals surface area contributed by atoms with E-state index in [-0.39, 0.29) is 17.0 Å². The van der Waals surface area contributed by atoms with Gasteiger partial charge in [0.05, 0.1) is 29.8 Å². The first kappa shape index (κ1) is 20.8. The number of carbonyl (C=O) groups is 1. The highest BCUT2D eigenvalue weighted by atomic mass is 19.4. The van der Waals surface area contributed by atoms with Crippen LogP contribution >= 0.6 is 0 Å². The van der Waals surface area contributed by atoms with Gasteiger partial charge in [-0.15, -0.1) is 0 Å². The summed E-state index contributed by atoms with van der Waals surface area (Å²) in [6.45, 7) is 0.399. The van der Waals surface area contributed by atoms with Gasteiger partial charge in [-0.2, -0.15) is 31.4 Å². The van der Waals surface area contributed by atoms with E-state index in [4.69, 9.17) is 0 Å². The van der Waals surface area contributed by atoms with Crippen LogP contribution in [0.2, 0.25) is 0 Å². The molecule has 0 bridgehead atoms. The topological polar surface area (TPSA) is 85.6 Å². The maximum atomic E-state index is 12.9. The molecule has 31 heavy (non-hydrogen) atoms. The summed E-state index contributed by atoms with van der Waals surface area (Å²) in [5, 5.41) is 6.90. The number of aryl methyl sites for hydroxylation is 1. The summed E-state index contributed by atoms with van der Waals surface area (Å²) in [4.78, 5) is 22.4. The molecule has 1 amide bonds. The molecule has 0 fully saturated rings. The van der Waals surface area contributed by atoms with Crippen molar-refractivity contribution in [2.75, 3.05) is 0 Å². The first-order valence-electron chi connectivity index (χ1n) is 8.84. The van der Waals surface area contributed by atoms with Gasteiger partial charge in [0.1, 0.15) is 11.4 Å². The molecule has 0 saturated carbocycles. The number of aromatic nitrogens is 5. The van der Waals surface area contributed by atoms with Crippen LogP contribution in [0.4, 0.5) is 26.3 Å². The number of carbonyl (C=O) groups excluding carboxylic acids is 1. The summed E-state index contributed by atoms with van der Waals surface area (Å²) in [5.41, 5.74) is -1.53. The molecule has 1 aliphatic rings. The van der Waals surface area contributed by atoms with Crippen molar-refractivity contribution in [1.29, 1.82) is 0 Å². The number of halogens is 6. The maximum Gasteiger partial charge on any atom is 0.434 e. The fourth-order valence-corrected chi connectivity index (χ4v) is 3.15. The van der Waals surface area contributed by atoms with E-state index in [1.165, 1.54) is 6.07 Å². The lowest BCUT2D eigenvalue weighted by molar-refractivity contribution is -0.142. The Labute approximate surface area is 170 Å². The van der Waals surface area contributed by atoms with Gasteiger partial charge in [-0.1, -0.05) is 0 Å². The lowest BCUT2D eigenvalue weighted by atomic mass is 10.1. The summed E-state index contributed by atoms with van der Waals surface area (Å²) in [5.74, 6) is -0.731. The fraction of sp³-hybridized carbons (Fsp3) is 0.278. The Morgan fingerprint density at radius 3 is 2.39 bits per heavy atom. The van der Waals surface area contributed by atoms with Crippen molar-refractivity contribution in [2.24, 2.45) is 0 Å². The minimum Gasteiger partial charge on any atom is -0.342 e. The molecule has 0 aromatic carbocycles. The third kappa shape index (κ3) is 4.20. The van der Waals surface area contributed by atoms with Crippen molar-refractivity contribution in [1.82, 2.24) is 30.0 Å². The van der Waals surface area contributed by atoms with Crippen LogP contribution < -0.4 is 5.32 Å². The molecule has 0 spiro atoms. The molecule has 162 valence electrons. The normalized spacial score (nSPS) is 16.3. The predicted octanol–water partition coefficient (Wildman–Crippen LogP) is 3.65. The quantitative estimate of drug-likeness (QED) is 0.626. The van der Waals surface area contributed by atoms with Crippen molar-refractivity contribution < 1.29 is 31.1 Å². The monoisotopic (exact) mass is 442 g/mol. The van der Waals surface area contributed by atoms with E-state index in [9.17, 15) is 31.1 Å². The molecule has 13 heteroatoms. The third-order valence-corrected chi connectivity index (χ3v) is 4.62. The Balaban J connectivity index is 1.52. The predicted molar refractivity (Wildman–Crippen MR) is 92.3 cm³/mol. The maximum absolute atomic E-state index is 12.9. The fourth-order valence-electron chi connectivity index (χ4n) is 3.15. The van der Waals surface area contributed by atoms with E-state index >= 15 is 0 Å². The lowest BCUT2D eigenvalue weighted by Crippen LogP contribution is -2.28. The number of nitrogens with zero attached hydrogens (tertiary/aromatic N) is 5. The van der Waals surface area contributed by atoms with Crippen LogP contribution in [0.1, 0.15) is 40.0 Å². The zero-order valence-corrected chi connectivity index (χ0v) is 15.4. The first-order chi connectivity index (χ1) is 14.5. The number of amides is 1. The Hall–Kier alpha value is -3.51. The largest absolute Gasteiger partial charge is 0.434 e. The molecule has 7 nitrogen and oxygen atoms in total. The Bertz CT molecular complexity index is 1120. The Morgan fingerprint density at radius 2 is 1.74 bits per heavy atom. The van der Waals surface area contributed by atoms with Crippen molar-refractivity contribution in [3.05, 3.63) is 59.6 Å². The van der Waals surface area contributed by atoms with Crippen LogP contribution in [0.25, 0.3) is 11.3 Å². The summed E-state index contributed by atoms with van der Waals surface area (Å²) in [7, 11) is 0. The molecular formula is C18H12F6N6O. The number of pyridine rings is 1. The van der Waals surface area contributed by atoms with Gasteiger partial charge in [-0.3, -0.25) is 14.5 Å². The second-order valence-electron chi connectivity index (χ2n) is 6.70. The molecule has 4 heterocycles. The Morgan fingerprint density at radius 1 is 1.00 bits per heavy atom. The van der Waals surface area contributed by atoms with Crippen LogP contribution in [-0.2, 0) is 18.9 Å². The van der Waals surface area contributed by atoms with Gasteiger partial charge in [0.2, 0.25) is 0 Å². The Kier molecular flexibility index (Phi) is 4.90. The van der Waals surface area contributed by atoms with Gasteiger partial charge in [-0.25, -0.2) is 9.97 Å². The molecule has 1 aliphatic heterocycles. The molecule has 3 aromatic rings. The van der Waals surface area contributed by atoms with Crippen molar-refractivity contribution in [3.8, 4) is 11.3 Å². The van der Waals surface area contributed by atoms with Gasteiger partial charge < -0.3 is 5.32 Å². The van der Waals surface area contributed by atoms with E-state index in [1.807, 2.05) is 0 Å². The average Bonchev–Trinajstić information content (AvgIpc) is 3.29. The second-order valence-corrected chi connectivity index (χ2v) is 6.70. The SMILES string of the molecule is O=C(N[C@H]1CCn2nc(-c3ccnc(C(F)(F)F)c3)cc21)c1cnc(C(F)(F)F)cn1. The van der Waals surface area contributed by atoms with E-state index in [1.54, 1.807) is 10.7 Å². The van der Waals surface area contributed by atoms with E-state index in [0.717, 1.165) is 18.5 Å². The molecule has 3 aromatic heterocycles. The molecular weight excluding hydrogens is 430 g/mol. The van der Waals surface area contributed by atoms with Crippen molar-refractivity contribution in [2.45, 2.75) is 31.4 Å². The molecule has 1 N–H and O–H groups in total. The minimum atomic E-state index is -4.67. The van der Waals surface area contributed by atoms with Crippen molar-refractivity contribution >= 4 is 5.91 Å². The zero-order valence-electron chi connectivity index (χ0n) is 15.4. The molecule has 0 unspecified atom stereocenters. The van der Waals surface area contributed by atoms with Gasteiger partial charge in [0.15, 0.2) is 5.69 Å². The summed E-state index contributed by atoms with van der Waals surface area (Å²) >= 11 is 0. The number of hydrogen-bond acceptors (Lipinski definition) is 5. The number of rotatable bonds is 3.